The van der Waals surface area contributed by atoms with Gasteiger partial charge >= 0.3 is 0 Å². The van der Waals surface area contributed by atoms with Gasteiger partial charge in [0.15, 0.2) is 0 Å². The Morgan fingerprint density at radius 3 is 2.76 bits per heavy atom. The van der Waals surface area contributed by atoms with Gasteiger partial charge in [-0.15, -0.1) is 0 Å². The Morgan fingerprint density at radius 2 is 2.06 bits per heavy atom. The highest BCUT2D eigenvalue weighted by Gasteiger charge is 2.23. The molecular weight excluding hydrogens is 214 g/mol. The van der Waals surface area contributed by atoms with Crippen LogP contribution in [0.4, 0.5) is 0 Å². The number of amides is 1. The first-order valence-electron chi connectivity index (χ1n) is 6.83. The van der Waals surface area contributed by atoms with Crippen LogP contribution < -0.4 is 5.73 Å². The summed E-state index contributed by atoms with van der Waals surface area (Å²) in [6.07, 6.45) is 4.87. The van der Waals surface area contributed by atoms with Crippen LogP contribution in [0.25, 0.3) is 0 Å². The van der Waals surface area contributed by atoms with Crippen molar-refractivity contribution in [3.8, 4) is 0 Å². The third kappa shape index (κ3) is 5.04. The summed E-state index contributed by atoms with van der Waals surface area (Å²) < 4.78 is 0. The fourth-order valence-electron chi connectivity index (χ4n) is 2.48. The summed E-state index contributed by atoms with van der Waals surface area (Å²) >= 11 is 0. The maximum absolute atomic E-state index is 12.1. The van der Waals surface area contributed by atoms with E-state index in [0.717, 1.165) is 51.9 Å². The first-order valence-corrected chi connectivity index (χ1v) is 6.83. The Labute approximate surface area is 105 Å². The average Bonchev–Trinajstić information content (AvgIpc) is 2.45. The van der Waals surface area contributed by atoms with Crippen molar-refractivity contribution in [2.24, 2.45) is 5.73 Å². The molecule has 1 amide bonds. The monoisotopic (exact) mass is 241 g/mol. The third-order valence-electron chi connectivity index (χ3n) is 3.46. The first-order chi connectivity index (χ1) is 8.15. The molecule has 0 radical (unpaired) electrons. The second kappa shape index (κ2) is 7.67. The maximum atomic E-state index is 12.1. The third-order valence-corrected chi connectivity index (χ3v) is 3.46. The standard InChI is InChI=1S/C13H27N3O/c1-12-11-15(2)9-6-10-16(12)13(17)7-4-3-5-8-14/h12H,3-11,14H2,1-2H3. The quantitative estimate of drug-likeness (QED) is 0.732. The van der Waals surface area contributed by atoms with E-state index in [2.05, 4.69) is 23.8 Å². The van der Waals surface area contributed by atoms with Crippen LogP contribution in [-0.2, 0) is 4.79 Å². The van der Waals surface area contributed by atoms with Crippen molar-refractivity contribution in [2.45, 2.75) is 45.1 Å². The minimum Gasteiger partial charge on any atom is -0.339 e. The zero-order valence-corrected chi connectivity index (χ0v) is 11.3. The molecule has 1 saturated heterocycles. The fourth-order valence-corrected chi connectivity index (χ4v) is 2.48. The van der Waals surface area contributed by atoms with E-state index in [0.29, 0.717) is 18.4 Å². The molecule has 1 rings (SSSR count). The molecule has 1 fully saturated rings. The van der Waals surface area contributed by atoms with Gasteiger partial charge in [-0.1, -0.05) is 6.42 Å². The largest absolute Gasteiger partial charge is 0.339 e. The van der Waals surface area contributed by atoms with E-state index in [-0.39, 0.29) is 0 Å². The first kappa shape index (κ1) is 14.5. The van der Waals surface area contributed by atoms with E-state index in [1.807, 2.05) is 0 Å². The maximum Gasteiger partial charge on any atom is 0.222 e. The van der Waals surface area contributed by atoms with E-state index in [1.54, 1.807) is 0 Å². The summed E-state index contributed by atoms with van der Waals surface area (Å²) in [5, 5.41) is 0. The zero-order valence-electron chi connectivity index (χ0n) is 11.3. The van der Waals surface area contributed by atoms with Crippen molar-refractivity contribution >= 4 is 5.91 Å². The Kier molecular flexibility index (Phi) is 6.52. The number of carbonyl (C=O) groups excluding carboxylic acids is 1. The molecule has 100 valence electrons. The lowest BCUT2D eigenvalue weighted by Crippen LogP contribution is -2.41. The SMILES string of the molecule is CC1CN(C)CCCN1C(=O)CCCCCN. The molecule has 1 heterocycles. The van der Waals surface area contributed by atoms with Gasteiger partial charge in [0.05, 0.1) is 0 Å². The minimum atomic E-state index is 0.324. The fraction of sp³-hybridized carbons (Fsp3) is 0.923. The number of carbonyl (C=O) groups is 1. The number of hydrogen-bond donors (Lipinski definition) is 1. The van der Waals surface area contributed by atoms with E-state index < -0.39 is 0 Å². The Hall–Kier alpha value is -0.610. The van der Waals surface area contributed by atoms with Crippen LogP contribution in [-0.4, -0.2) is 55.0 Å². The minimum absolute atomic E-state index is 0.324. The second-order valence-corrected chi connectivity index (χ2v) is 5.15. The molecule has 0 aromatic heterocycles. The van der Waals surface area contributed by atoms with Crippen LogP contribution >= 0.6 is 0 Å². The molecule has 17 heavy (non-hydrogen) atoms. The van der Waals surface area contributed by atoms with Crippen LogP contribution in [0.1, 0.15) is 39.0 Å². The Morgan fingerprint density at radius 1 is 1.29 bits per heavy atom. The summed E-state index contributed by atoms with van der Waals surface area (Å²) in [6, 6.07) is 0.351. The lowest BCUT2D eigenvalue weighted by atomic mass is 10.1. The highest BCUT2D eigenvalue weighted by Crippen LogP contribution is 2.12. The molecule has 4 heteroatoms. The zero-order chi connectivity index (χ0) is 12.7. The van der Waals surface area contributed by atoms with Crippen molar-refractivity contribution < 1.29 is 4.79 Å². The number of hydrogen-bond acceptors (Lipinski definition) is 3. The normalized spacial score (nSPS) is 22.5. The molecule has 4 nitrogen and oxygen atoms in total. The predicted octanol–water partition coefficient (Wildman–Crippen LogP) is 1.06. The molecule has 0 saturated carbocycles. The Bertz CT molecular complexity index is 233. The van der Waals surface area contributed by atoms with Gasteiger partial charge in [-0.25, -0.2) is 0 Å². The van der Waals surface area contributed by atoms with Gasteiger partial charge in [-0.3, -0.25) is 4.79 Å². The molecule has 0 bridgehead atoms. The molecular formula is C13H27N3O. The van der Waals surface area contributed by atoms with Gasteiger partial charge in [0, 0.05) is 25.6 Å². The smallest absolute Gasteiger partial charge is 0.222 e. The molecule has 0 aliphatic carbocycles. The van der Waals surface area contributed by atoms with Gasteiger partial charge < -0.3 is 15.5 Å². The second-order valence-electron chi connectivity index (χ2n) is 5.15. The van der Waals surface area contributed by atoms with Crippen molar-refractivity contribution in [2.75, 3.05) is 33.2 Å². The van der Waals surface area contributed by atoms with Crippen LogP contribution in [0, 0.1) is 0 Å². The molecule has 1 aliphatic rings. The highest BCUT2D eigenvalue weighted by atomic mass is 16.2. The van der Waals surface area contributed by atoms with Gasteiger partial charge in [0.2, 0.25) is 5.91 Å². The van der Waals surface area contributed by atoms with E-state index in [4.69, 9.17) is 5.73 Å². The predicted molar refractivity (Wildman–Crippen MR) is 70.8 cm³/mol. The van der Waals surface area contributed by atoms with E-state index in [1.165, 1.54) is 0 Å². The molecule has 2 N–H and O–H groups in total. The molecule has 0 aromatic rings. The van der Waals surface area contributed by atoms with E-state index in [9.17, 15) is 4.79 Å². The molecule has 1 atom stereocenters. The number of unbranched alkanes of at least 4 members (excludes halogenated alkanes) is 2. The Balaban J connectivity index is 2.33. The summed E-state index contributed by atoms with van der Waals surface area (Å²) in [7, 11) is 2.13. The molecule has 1 unspecified atom stereocenters. The van der Waals surface area contributed by atoms with Gasteiger partial charge in [0.1, 0.15) is 0 Å². The van der Waals surface area contributed by atoms with Crippen molar-refractivity contribution in [3.05, 3.63) is 0 Å². The topological polar surface area (TPSA) is 49.6 Å². The number of rotatable bonds is 5. The van der Waals surface area contributed by atoms with Crippen molar-refractivity contribution in [1.82, 2.24) is 9.80 Å². The van der Waals surface area contributed by atoms with Crippen LogP contribution in [0.15, 0.2) is 0 Å². The summed E-state index contributed by atoms with van der Waals surface area (Å²) in [4.78, 5) is 16.5. The van der Waals surface area contributed by atoms with Crippen LogP contribution in [0.3, 0.4) is 0 Å². The van der Waals surface area contributed by atoms with Gasteiger partial charge in [0.25, 0.3) is 0 Å². The molecule has 0 aromatic carbocycles. The van der Waals surface area contributed by atoms with Crippen LogP contribution in [0.5, 0.6) is 0 Å². The number of nitrogens with zero attached hydrogens (tertiary/aromatic N) is 2. The lowest BCUT2D eigenvalue weighted by molar-refractivity contribution is -0.133. The summed E-state index contributed by atoms with van der Waals surface area (Å²) in [6.45, 7) is 5.90. The van der Waals surface area contributed by atoms with Gasteiger partial charge in [-0.2, -0.15) is 0 Å². The van der Waals surface area contributed by atoms with E-state index >= 15 is 0 Å². The van der Waals surface area contributed by atoms with Crippen molar-refractivity contribution in [1.29, 1.82) is 0 Å². The van der Waals surface area contributed by atoms with Crippen LogP contribution in [0.2, 0.25) is 0 Å². The van der Waals surface area contributed by atoms with Crippen molar-refractivity contribution in [3.63, 3.8) is 0 Å². The highest BCUT2D eigenvalue weighted by molar-refractivity contribution is 5.76. The molecule has 1 aliphatic heterocycles. The number of nitrogens with two attached hydrogens (primary N) is 1. The van der Waals surface area contributed by atoms with Gasteiger partial charge in [-0.05, 0) is 46.3 Å². The number of likely N-dealkylation sites (N-methyl/N-ethyl adjacent to an activating group) is 1. The average molecular weight is 241 g/mol. The lowest BCUT2D eigenvalue weighted by Gasteiger charge is -2.28. The summed E-state index contributed by atoms with van der Waals surface area (Å²) in [5.41, 5.74) is 5.45. The molecule has 0 spiro atoms. The summed E-state index contributed by atoms with van der Waals surface area (Å²) in [5.74, 6) is 0.324.